The molecule has 0 fully saturated rings. The van der Waals surface area contributed by atoms with Crippen molar-refractivity contribution in [3.05, 3.63) is 42.0 Å². The third-order valence-electron chi connectivity index (χ3n) is 3.38. The third-order valence-corrected chi connectivity index (χ3v) is 4.63. The number of phenolic OH excluding ortho intramolecular Hbond substituents is 1. The summed E-state index contributed by atoms with van der Waals surface area (Å²) in [6, 6.07) is 9.81. The van der Waals surface area contributed by atoms with Crippen molar-refractivity contribution < 1.29 is 47.7 Å². The van der Waals surface area contributed by atoms with Gasteiger partial charge in [-0.15, -0.1) is 0 Å². The topological polar surface area (TPSA) is 146 Å². The van der Waals surface area contributed by atoms with Gasteiger partial charge in [-0.3, -0.25) is 18.9 Å². The Kier molecular flexibility index (Phi) is 6.63. The van der Waals surface area contributed by atoms with Crippen LogP contribution in [-0.4, -0.2) is 34.1 Å². The predicted molar refractivity (Wildman–Crippen MR) is 98.3 cm³/mol. The highest BCUT2D eigenvalue weighted by atomic mass is 31.2. The maximum atomic E-state index is 12.7. The predicted octanol–water partition coefficient (Wildman–Crippen LogP) is 2.55. The van der Waals surface area contributed by atoms with Crippen molar-refractivity contribution in [2.24, 2.45) is 0 Å². The van der Waals surface area contributed by atoms with Gasteiger partial charge in [0.25, 0.3) is 0 Å². The minimum Gasteiger partial charge on any atom is -0.508 e. The second-order valence-electron chi connectivity index (χ2n) is 6.00. The molecule has 0 spiro atoms. The molecule has 0 saturated carbocycles. The molecule has 0 aliphatic carbocycles. The molecule has 0 heterocycles. The van der Waals surface area contributed by atoms with Gasteiger partial charge < -0.3 is 24.2 Å². The van der Waals surface area contributed by atoms with Gasteiger partial charge >= 0.3 is 31.7 Å². The van der Waals surface area contributed by atoms with Crippen LogP contribution in [-0.2, 0) is 43.8 Å². The lowest BCUT2D eigenvalue weighted by Gasteiger charge is -2.29. The van der Waals surface area contributed by atoms with Gasteiger partial charge in [0, 0.05) is 26.3 Å². The molecule has 2 rings (SSSR count). The molecule has 0 amide bonds. The van der Waals surface area contributed by atoms with E-state index in [9.17, 15) is 28.9 Å². The van der Waals surface area contributed by atoms with Gasteiger partial charge in [0.15, 0.2) is 0 Å². The molecular formula is C18H19O10P. The minimum absolute atomic E-state index is 0.0249. The monoisotopic (exact) mass is 426 g/mol. The number of hydrogen-bond donors (Lipinski definition) is 2. The van der Waals surface area contributed by atoms with E-state index in [1.165, 1.54) is 12.1 Å². The van der Waals surface area contributed by atoms with E-state index in [1.807, 2.05) is 0 Å². The molecule has 11 heteroatoms. The Morgan fingerprint density at radius 3 is 1.83 bits per heavy atom. The number of fused-ring (bicyclic) bond motifs is 1. The zero-order valence-electron chi connectivity index (χ0n) is 15.8. The van der Waals surface area contributed by atoms with E-state index in [0.29, 0.717) is 10.8 Å². The van der Waals surface area contributed by atoms with Gasteiger partial charge in [0.1, 0.15) is 5.75 Å². The Hall–Kier alpha value is -2.94. The first-order valence-corrected chi connectivity index (χ1v) is 9.99. The zero-order valence-corrected chi connectivity index (χ0v) is 16.7. The van der Waals surface area contributed by atoms with Crippen molar-refractivity contribution in [1.82, 2.24) is 0 Å². The number of ether oxygens (including phenoxy) is 3. The van der Waals surface area contributed by atoms with Crippen LogP contribution in [0.25, 0.3) is 10.8 Å². The van der Waals surface area contributed by atoms with E-state index in [-0.39, 0.29) is 11.3 Å². The maximum absolute atomic E-state index is 12.7. The number of phenols is 1. The highest BCUT2D eigenvalue weighted by Gasteiger charge is 2.50. The van der Waals surface area contributed by atoms with Gasteiger partial charge in [-0.1, -0.05) is 24.3 Å². The highest BCUT2D eigenvalue weighted by Crippen LogP contribution is 2.51. The standard InChI is InChI=1S/C18H19O10P/c1-11(19)25-18(26-12(2)20,27-13(3)21)28-29(23,24)10-16-8-14-6-4-5-7-15(14)9-17(16)22/h4-9,22H,10H2,1-3H3,(H,23,24). The Bertz CT molecular complexity index is 959. The quantitative estimate of drug-likeness (QED) is 0.385. The van der Waals surface area contributed by atoms with Crippen LogP contribution in [0, 0.1) is 0 Å². The summed E-state index contributed by atoms with van der Waals surface area (Å²) < 4.78 is 31.3. The number of rotatable bonds is 7. The number of carbonyl (C=O) groups is 3. The summed E-state index contributed by atoms with van der Waals surface area (Å²) in [7, 11) is -4.80. The fourth-order valence-electron chi connectivity index (χ4n) is 2.47. The summed E-state index contributed by atoms with van der Waals surface area (Å²) >= 11 is 0. The van der Waals surface area contributed by atoms with E-state index < -0.39 is 37.8 Å². The van der Waals surface area contributed by atoms with Crippen LogP contribution in [0.1, 0.15) is 26.3 Å². The largest absolute Gasteiger partial charge is 0.573 e. The molecule has 0 bridgehead atoms. The Labute approximate surface area is 165 Å². The van der Waals surface area contributed by atoms with Crippen molar-refractivity contribution in [3.8, 4) is 5.75 Å². The SMILES string of the molecule is CC(=O)OC(OC(C)=O)(OC(C)=O)OP(=O)(O)Cc1cc2ccccc2cc1O. The molecule has 29 heavy (non-hydrogen) atoms. The molecule has 0 saturated heterocycles. The minimum atomic E-state index is -4.80. The molecule has 2 aromatic rings. The summed E-state index contributed by atoms with van der Waals surface area (Å²) in [5, 5.41) is 11.5. The Morgan fingerprint density at radius 1 is 0.931 bits per heavy atom. The third kappa shape index (κ3) is 6.28. The molecule has 156 valence electrons. The van der Waals surface area contributed by atoms with Crippen molar-refractivity contribution in [3.63, 3.8) is 0 Å². The average molecular weight is 426 g/mol. The first-order chi connectivity index (χ1) is 13.4. The second kappa shape index (κ2) is 8.60. The van der Waals surface area contributed by atoms with Crippen LogP contribution in [0.3, 0.4) is 0 Å². The number of carbonyl (C=O) groups excluding carboxylic acids is 3. The van der Waals surface area contributed by atoms with E-state index in [4.69, 9.17) is 4.52 Å². The fourth-order valence-corrected chi connectivity index (χ4v) is 3.68. The Balaban J connectivity index is 2.39. The number of hydrogen-bond acceptors (Lipinski definition) is 9. The van der Waals surface area contributed by atoms with Crippen LogP contribution >= 0.6 is 7.60 Å². The summed E-state index contributed by atoms with van der Waals surface area (Å²) in [6.45, 7) is 2.63. The van der Waals surface area contributed by atoms with E-state index >= 15 is 0 Å². The molecule has 1 unspecified atom stereocenters. The first-order valence-electron chi connectivity index (χ1n) is 8.23. The van der Waals surface area contributed by atoms with Crippen molar-refractivity contribution in [2.45, 2.75) is 33.1 Å². The van der Waals surface area contributed by atoms with Gasteiger partial charge in [0.05, 0.1) is 6.16 Å². The fraction of sp³-hybridized carbons (Fsp3) is 0.278. The van der Waals surface area contributed by atoms with Gasteiger partial charge in [0.2, 0.25) is 0 Å². The number of aromatic hydroxyl groups is 1. The molecule has 10 nitrogen and oxygen atoms in total. The number of esters is 3. The first kappa shape index (κ1) is 22.4. The van der Waals surface area contributed by atoms with E-state index in [2.05, 4.69) is 14.2 Å². The Morgan fingerprint density at radius 2 is 1.38 bits per heavy atom. The lowest BCUT2D eigenvalue weighted by molar-refractivity contribution is -0.418. The summed E-state index contributed by atoms with van der Waals surface area (Å²) in [4.78, 5) is 44.4. The van der Waals surface area contributed by atoms with E-state index in [0.717, 1.165) is 20.8 Å². The normalized spacial score (nSPS) is 13.4. The lowest BCUT2D eigenvalue weighted by atomic mass is 10.1. The smallest absolute Gasteiger partial charge is 0.508 e. The van der Waals surface area contributed by atoms with Crippen molar-refractivity contribution in [1.29, 1.82) is 0 Å². The van der Waals surface area contributed by atoms with Crippen LogP contribution < -0.4 is 0 Å². The number of benzene rings is 2. The van der Waals surface area contributed by atoms with Crippen LogP contribution in [0.4, 0.5) is 0 Å². The van der Waals surface area contributed by atoms with Crippen molar-refractivity contribution >= 4 is 36.3 Å². The molecule has 0 radical (unpaired) electrons. The molecule has 0 aliphatic heterocycles. The molecule has 0 aromatic heterocycles. The molecule has 2 aromatic carbocycles. The van der Waals surface area contributed by atoms with Crippen LogP contribution in [0.15, 0.2) is 36.4 Å². The zero-order chi connectivity index (χ0) is 21.8. The summed E-state index contributed by atoms with van der Waals surface area (Å²) in [6.07, 6.45) is -3.96. The van der Waals surface area contributed by atoms with Crippen molar-refractivity contribution in [2.75, 3.05) is 0 Å². The maximum Gasteiger partial charge on any atom is 0.573 e. The van der Waals surface area contributed by atoms with E-state index in [1.54, 1.807) is 24.3 Å². The molecule has 1 atom stereocenters. The van der Waals surface area contributed by atoms with Gasteiger partial charge in [-0.05, 0) is 22.9 Å². The van der Waals surface area contributed by atoms with Gasteiger partial charge in [-0.25, -0.2) is 0 Å². The highest BCUT2D eigenvalue weighted by molar-refractivity contribution is 7.52. The molecule has 0 aliphatic rings. The average Bonchev–Trinajstić information content (AvgIpc) is 2.52. The molecule has 2 N–H and O–H groups in total. The van der Waals surface area contributed by atoms with Crippen LogP contribution in [0.2, 0.25) is 0 Å². The van der Waals surface area contributed by atoms with Gasteiger partial charge in [-0.2, -0.15) is 4.52 Å². The van der Waals surface area contributed by atoms with Crippen LogP contribution in [0.5, 0.6) is 5.75 Å². The molecular weight excluding hydrogens is 407 g/mol. The lowest BCUT2D eigenvalue weighted by Crippen LogP contribution is -2.45. The summed E-state index contributed by atoms with van der Waals surface area (Å²) in [5.74, 6) is -3.66. The second-order valence-corrected chi connectivity index (χ2v) is 7.77. The summed E-state index contributed by atoms with van der Waals surface area (Å²) in [5.41, 5.74) is 0.0249.